The first-order chi connectivity index (χ1) is 6.26. The zero-order valence-electron chi connectivity index (χ0n) is 7.54. The lowest BCUT2D eigenvalue weighted by atomic mass is 9.75. The van der Waals surface area contributed by atoms with Gasteiger partial charge in [-0.05, 0) is 24.5 Å². The molecule has 2 rings (SSSR count). The highest BCUT2D eigenvalue weighted by atomic mass is 19.1. The quantitative estimate of drug-likeness (QED) is 0.655. The number of fused-ring (bicyclic) bond motifs is 1. The van der Waals surface area contributed by atoms with Crippen LogP contribution in [0.3, 0.4) is 0 Å². The minimum Gasteiger partial charge on any atom is -0.327 e. The molecule has 0 aromatic heterocycles. The second-order valence-electron chi connectivity index (χ2n) is 3.69. The van der Waals surface area contributed by atoms with Gasteiger partial charge in [0.15, 0.2) is 0 Å². The fourth-order valence-electron chi connectivity index (χ4n) is 2.10. The van der Waals surface area contributed by atoms with Crippen LogP contribution in [0.15, 0.2) is 36.0 Å². The van der Waals surface area contributed by atoms with Gasteiger partial charge in [-0.15, -0.1) is 0 Å². The highest BCUT2D eigenvalue weighted by Gasteiger charge is 2.38. The van der Waals surface area contributed by atoms with Crippen LogP contribution in [-0.4, -0.2) is 12.2 Å². The van der Waals surface area contributed by atoms with Crippen molar-refractivity contribution in [2.24, 2.45) is 11.7 Å². The standard InChI is InChI=1S/C11H14FN/c12-11(8-13)7-3-5-9-4-1-2-6-10(9)11/h1,3-5,7,10H,2,6,8,13H2. The summed E-state index contributed by atoms with van der Waals surface area (Å²) < 4.78 is 14.2. The number of hydrogen-bond donors (Lipinski definition) is 1. The van der Waals surface area contributed by atoms with Crippen molar-refractivity contribution in [3.63, 3.8) is 0 Å². The lowest BCUT2D eigenvalue weighted by Gasteiger charge is -2.35. The minimum absolute atomic E-state index is 0.0208. The fraction of sp³-hybridized carbons (Fsp3) is 0.455. The Morgan fingerprint density at radius 2 is 2.46 bits per heavy atom. The van der Waals surface area contributed by atoms with Gasteiger partial charge in [0.25, 0.3) is 0 Å². The molecule has 2 unspecified atom stereocenters. The Morgan fingerprint density at radius 3 is 3.23 bits per heavy atom. The molecule has 2 N–H and O–H groups in total. The van der Waals surface area contributed by atoms with Gasteiger partial charge in [-0.1, -0.05) is 24.3 Å². The van der Waals surface area contributed by atoms with E-state index in [0.717, 1.165) is 18.4 Å². The third kappa shape index (κ3) is 1.35. The Kier molecular flexibility index (Phi) is 2.08. The largest absolute Gasteiger partial charge is 0.327 e. The molecule has 0 aromatic rings. The van der Waals surface area contributed by atoms with E-state index in [-0.39, 0.29) is 12.5 Å². The van der Waals surface area contributed by atoms with Crippen molar-refractivity contribution >= 4 is 0 Å². The summed E-state index contributed by atoms with van der Waals surface area (Å²) >= 11 is 0. The Morgan fingerprint density at radius 1 is 1.62 bits per heavy atom. The Hall–Kier alpha value is -0.890. The number of nitrogens with two attached hydrogens (primary N) is 1. The summed E-state index contributed by atoms with van der Waals surface area (Å²) in [6.45, 7) is 0.0827. The minimum atomic E-state index is -1.31. The lowest BCUT2D eigenvalue weighted by molar-refractivity contribution is 0.159. The van der Waals surface area contributed by atoms with Crippen LogP contribution < -0.4 is 5.73 Å². The van der Waals surface area contributed by atoms with Gasteiger partial charge >= 0.3 is 0 Å². The Labute approximate surface area is 77.8 Å². The van der Waals surface area contributed by atoms with E-state index in [1.165, 1.54) is 0 Å². The van der Waals surface area contributed by atoms with Crippen molar-refractivity contribution < 1.29 is 4.39 Å². The van der Waals surface area contributed by atoms with Crippen molar-refractivity contribution in [1.29, 1.82) is 0 Å². The topological polar surface area (TPSA) is 26.0 Å². The van der Waals surface area contributed by atoms with Crippen LogP contribution >= 0.6 is 0 Å². The van der Waals surface area contributed by atoms with Gasteiger partial charge < -0.3 is 5.73 Å². The van der Waals surface area contributed by atoms with E-state index < -0.39 is 5.67 Å². The number of hydrogen-bond acceptors (Lipinski definition) is 1. The first-order valence-electron chi connectivity index (χ1n) is 4.71. The lowest BCUT2D eigenvalue weighted by Crippen LogP contribution is -2.41. The van der Waals surface area contributed by atoms with Crippen LogP contribution in [0.2, 0.25) is 0 Å². The van der Waals surface area contributed by atoms with Crippen molar-refractivity contribution in [3.05, 3.63) is 36.0 Å². The predicted octanol–water partition coefficient (Wildman–Crippen LogP) is 2.12. The molecule has 0 amide bonds. The smallest absolute Gasteiger partial charge is 0.148 e. The highest BCUT2D eigenvalue weighted by Crippen LogP contribution is 2.39. The number of alkyl halides is 1. The SMILES string of the molecule is NCC1(F)C=CC=C2C=CCCC21. The van der Waals surface area contributed by atoms with E-state index in [1.807, 2.05) is 12.2 Å². The third-order valence-electron chi connectivity index (χ3n) is 2.89. The van der Waals surface area contributed by atoms with Crippen molar-refractivity contribution in [2.45, 2.75) is 18.5 Å². The molecule has 2 aliphatic carbocycles. The average Bonchev–Trinajstić information content (AvgIpc) is 2.19. The Bertz CT molecular complexity index is 290. The molecule has 0 saturated heterocycles. The van der Waals surface area contributed by atoms with Crippen molar-refractivity contribution in [2.75, 3.05) is 6.54 Å². The van der Waals surface area contributed by atoms with Gasteiger partial charge in [0.2, 0.25) is 0 Å². The molecule has 13 heavy (non-hydrogen) atoms. The normalized spacial score (nSPS) is 37.1. The Balaban J connectivity index is 2.34. The van der Waals surface area contributed by atoms with Crippen LogP contribution in [0.5, 0.6) is 0 Å². The molecule has 0 fully saturated rings. The summed E-state index contributed by atoms with van der Waals surface area (Å²) in [4.78, 5) is 0. The maximum Gasteiger partial charge on any atom is 0.148 e. The van der Waals surface area contributed by atoms with Gasteiger partial charge in [-0.25, -0.2) is 4.39 Å². The van der Waals surface area contributed by atoms with E-state index in [1.54, 1.807) is 12.2 Å². The first kappa shape index (κ1) is 8.70. The monoisotopic (exact) mass is 179 g/mol. The van der Waals surface area contributed by atoms with E-state index in [4.69, 9.17) is 5.73 Å². The molecular formula is C11H14FN. The van der Waals surface area contributed by atoms with E-state index >= 15 is 0 Å². The van der Waals surface area contributed by atoms with Gasteiger partial charge in [0.1, 0.15) is 5.67 Å². The molecule has 70 valence electrons. The van der Waals surface area contributed by atoms with Gasteiger partial charge in [0, 0.05) is 12.5 Å². The molecule has 0 spiro atoms. The van der Waals surface area contributed by atoms with Crippen LogP contribution in [0.1, 0.15) is 12.8 Å². The number of allylic oxidation sites excluding steroid dienone is 5. The number of halogens is 1. The van der Waals surface area contributed by atoms with Gasteiger partial charge in [-0.3, -0.25) is 0 Å². The summed E-state index contributed by atoms with van der Waals surface area (Å²) in [5.74, 6) is -0.0208. The first-order valence-corrected chi connectivity index (χ1v) is 4.71. The fourth-order valence-corrected chi connectivity index (χ4v) is 2.10. The van der Waals surface area contributed by atoms with Crippen molar-refractivity contribution in [3.8, 4) is 0 Å². The second kappa shape index (κ2) is 3.11. The van der Waals surface area contributed by atoms with Crippen molar-refractivity contribution in [1.82, 2.24) is 0 Å². The predicted molar refractivity (Wildman–Crippen MR) is 52.0 cm³/mol. The van der Waals surface area contributed by atoms with Crippen LogP contribution in [0, 0.1) is 5.92 Å². The maximum atomic E-state index is 14.2. The van der Waals surface area contributed by atoms with Gasteiger partial charge in [-0.2, -0.15) is 0 Å². The molecule has 0 bridgehead atoms. The highest BCUT2D eigenvalue weighted by molar-refractivity contribution is 5.37. The molecule has 2 heteroatoms. The third-order valence-corrected chi connectivity index (χ3v) is 2.89. The zero-order valence-corrected chi connectivity index (χ0v) is 7.54. The summed E-state index contributed by atoms with van der Waals surface area (Å²) in [6, 6.07) is 0. The molecule has 0 saturated carbocycles. The molecule has 0 radical (unpaired) electrons. The van der Waals surface area contributed by atoms with Crippen LogP contribution in [0.4, 0.5) is 4.39 Å². The van der Waals surface area contributed by atoms with E-state index in [0.29, 0.717) is 0 Å². The molecule has 2 aliphatic rings. The molecular weight excluding hydrogens is 165 g/mol. The molecule has 1 nitrogen and oxygen atoms in total. The maximum absolute atomic E-state index is 14.2. The second-order valence-corrected chi connectivity index (χ2v) is 3.69. The average molecular weight is 179 g/mol. The molecule has 0 aromatic carbocycles. The summed E-state index contributed by atoms with van der Waals surface area (Å²) in [5, 5.41) is 0. The summed E-state index contributed by atoms with van der Waals surface area (Å²) in [5.41, 5.74) is 5.24. The zero-order chi connectivity index (χ0) is 9.31. The molecule has 2 atom stereocenters. The van der Waals surface area contributed by atoms with Crippen LogP contribution in [0.25, 0.3) is 0 Å². The van der Waals surface area contributed by atoms with Gasteiger partial charge in [0.05, 0.1) is 0 Å². The summed E-state index contributed by atoms with van der Waals surface area (Å²) in [6.07, 6.45) is 11.3. The van der Waals surface area contributed by atoms with E-state index in [2.05, 4.69) is 6.08 Å². The number of rotatable bonds is 1. The molecule has 0 aliphatic heterocycles. The molecule has 0 heterocycles. The summed E-state index contributed by atoms with van der Waals surface area (Å²) in [7, 11) is 0. The van der Waals surface area contributed by atoms with E-state index in [9.17, 15) is 4.39 Å². The van der Waals surface area contributed by atoms with Crippen LogP contribution in [-0.2, 0) is 0 Å².